The Morgan fingerprint density at radius 1 is 1.19 bits per heavy atom. The molecule has 2 N–H and O–H groups in total. The summed E-state index contributed by atoms with van der Waals surface area (Å²) in [6, 6.07) is 8.09. The van der Waals surface area contributed by atoms with Gasteiger partial charge in [-0.25, -0.2) is 9.37 Å². The predicted molar refractivity (Wildman–Crippen MR) is 107 cm³/mol. The summed E-state index contributed by atoms with van der Waals surface area (Å²) in [7, 11) is 1.63. The van der Waals surface area contributed by atoms with E-state index >= 15 is 0 Å². The van der Waals surface area contributed by atoms with Gasteiger partial charge in [-0.15, -0.1) is 12.4 Å². The Hall–Kier alpha value is -2.05. The van der Waals surface area contributed by atoms with Crippen molar-refractivity contribution in [1.82, 2.24) is 10.3 Å². The van der Waals surface area contributed by atoms with Gasteiger partial charge < -0.3 is 15.4 Å². The number of nitrogens with zero attached hydrogens (tertiary/aromatic N) is 1. The van der Waals surface area contributed by atoms with Gasteiger partial charge in [0.05, 0.1) is 12.1 Å². The highest BCUT2D eigenvalue weighted by Crippen LogP contribution is 2.24. The van der Waals surface area contributed by atoms with Gasteiger partial charge in [-0.1, -0.05) is 11.6 Å². The van der Waals surface area contributed by atoms with E-state index in [1.165, 1.54) is 18.2 Å². The van der Waals surface area contributed by atoms with Crippen molar-refractivity contribution in [1.29, 1.82) is 0 Å². The third-order valence-electron chi connectivity index (χ3n) is 4.56. The molecule has 5 nitrogen and oxygen atoms in total. The zero-order valence-electron chi connectivity index (χ0n) is 14.9. The summed E-state index contributed by atoms with van der Waals surface area (Å²) in [6.45, 7) is 0. The second-order valence-corrected chi connectivity index (χ2v) is 6.78. The highest BCUT2D eigenvalue weighted by Gasteiger charge is 2.23. The third kappa shape index (κ3) is 5.71. The van der Waals surface area contributed by atoms with E-state index in [9.17, 15) is 9.18 Å². The number of aromatic nitrogens is 1. The molecule has 27 heavy (non-hydrogen) atoms. The van der Waals surface area contributed by atoms with Crippen LogP contribution in [0.2, 0.25) is 5.02 Å². The molecular formula is C19H22Cl2FN3O2. The number of halogens is 3. The largest absolute Gasteiger partial charge is 0.497 e. The summed E-state index contributed by atoms with van der Waals surface area (Å²) in [5.41, 5.74) is 0.372. The van der Waals surface area contributed by atoms with Crippen LogP contribution in [0.3, 0.4) is 0 Å². The van der Waals surface area contributed by atoms with Crippen LogP contribution in [-0.2, 0) is 0 Å². The molecule has 0 radical (unpaired) electrons. The van der Waals surface area contributed by atoms with E-state index in [1.54, 1.807) is 19.4 Å². The quantitative estimate of drug-likeness (QED) is 0.759. The first-order valence-electron chi connectivity index (χ1n) is 8.57. The number of amides is 1. The lowest BCUT2D eigenvalue weighted by Crippen LogP contribution is -2.40. The highest BCUT2D eigenvalue weighted by molar-refractivity contribution is 6.31. The summed E-state index contributed by atoms with van der Waals surface area (Å²) in [5, 5.41) is 6.37. The Morgan fingerprint density at radius 3 is 2.56 bits per heavy atom. The maximum Gasteiger partial charge on any atom is 0.251 e. The molecule has 1 aliphatic carbocycles. The summed E-state index contributed by atoms with van der Waals surface area (Å²) in [4.78, 5) is 16.6. The summed E-state index contributed by atoms with van der Waals surface area (Å²) in [6.07, 6.45) is 5.29. The molecule has 0 atom stereocenters. The van der Waals surface area contributed by atoms with E-state index in [-0.39, 0.29) is 29.4 Å². The molecule has 1 aromatic heterocycles. The fourth-order valence-corrected chi connectivity index (χ4v) is 3.29. The number of hydrogen-bond acceptors (Lipinski definition) is 4. The molecular weight excluding hydrogens is 392 g/mol. The van der Waals surface area contributed by atoms with E-state index in [1.807, 2.05) is 6.07 Å². The summed E-state index contributed by atoms with van der Waals surface area (Å²) in [5.74, 6) is 0.804. The molecule has 0 saturated heterocycles. The number of rotatable bonds is 5. The molecule has 1 aliphatic rings. The van der Waals surface area contributed by atoms with Crippen molar-refractivity contribution < 1.29 is 13.9 Å². The number of hydrogen-bond donors (Lipinski definition) is 2. The van der Waals surface area contributed by atoms with E-state index in [0.717, 1.165) is 37.3 Å². The number of benzene rings is 1. The maximum atomic E-state index is 13.2. The third-order valence-corrected chi connectivity index (χ3v) is 4.85. The average molecular weight is 414 g/mol. The SMILES string of the molecule is COc1ccnc(NC2CCC(NC(=O)c3ccc(F)c(Cl)c3)CC2)c1.Cl. The number of anilines is 1. The topological polar surface area (TPSA) is 63.2 Å². The highest BCUT2D eigenvalue weighted by atomic mass is 35.5. The van der Waals surface area contributed by atoms with Crippen LogP contribution in [0.25, 0.3) is 0 Å². The van der Waals surface area contributed by atoms with Crippen molar-refractivity contribution in [3.8, 4) is 5.75 Å². The number of nitrogens with one attached hydrogen (secondary N) is 2. The summed E-state index contributed by atoms with van der Waals surface area (Å²) >= 11 is 5.74. The summed E-state index contributed by atoms with van der Waals surface area (Å²) < 4.78 is 18.4. The van der Waals surface area contributed by atoms with Gasteiger partial charge >= 0.3 is 0 Å². The van der Waals surface area contributed by atoms with Gasteiger partial charge in [0.1, 0.15) is 17.4 Å². The molecule has 1 heterocycles. The Labute approximate surface area is 169 Å². The van der Waals surface area contributed by atoms with E-state index in [2.05, 4.69) is 15.6 Å². The van der Waals surface area contributed by atoms with Crippen molar-refractivity contribution in [2.75, 3.05) is 12.4 Å². The van der Waals surface area contributed by atoms with Gasteiger partial charge in [0.15, 0.2) is 0 Å². The van der Waals surface area contributed by atoms with Gasteiger partial charge in [0, 0.05) is 29.9 Å². The Kier molecular flexibility index (Phi) is 7.68. The molecule has 0 spiro atoms. The van der Waals surface area contributed by atoms with Gasteiger partial charge in [-0.05, 0) is 49.9 Å². The van der Waals surface area contributed by atoms with Crippen molar-refractivity contribution >= 4 is 35.7 Å². The van der Waals surface area contributed by atoms with Crippen LogP contribution in [0.4, 0.5) is 10.2 Å². The number of carbonyl (C=O) groups excluding carboxylic acids is 1. The van der Waals surface area contributed by atoms with E-state index < -0.39 is 5.82 Å². The molecule has 1 amide bonds. The number of ether oxygens (including phenoxy) is 1. The molecule has 1 saturated carbocycles. The first kappa shape index (κ1) is 21.3. The smallest absolute Gasteiger partial charge is 0.251 e. The fourth-order valence-electron chi connectivity index (χ4n) is 3.11. The van der Waals surface area contributed by atoms with Gasteiger partial charge in [-0.3, -0.25) is 4.79 Å². The molecule has 146 valence electrons. The second-order valence-electron chi connectivity index (χ2n) is 6.38. The molecule has 0 unspecified atom stereocenters. The van der Waals surface area contributed by atoms with Crippen LogP contribution >= 0.6 is 24.0 Å². The maximum absolute atomic E-state index is 13.2. The molecule has 0 aliphatic heterocycles. The van der Waals surface area contributed by atoms with Crippen LogP contribution < -0.4 is 15.4 Å². The lowest BCUT2D eigenvalue weighted by molar-refractivity contribution is 0.0926. The lowest BCUT2D eigenvalue weighted by atomic mass is 9.91. The number of methoxy groups -OCH3 is 1. The Balaban J connectivity index is 0.00000261. The molecule has 3 rings (SSSR count). The van der Waals surface area contributed by atoms with Crippen molar-refractivity contribution in [3.05, 3.63) is 52.9 Å². The molecule has 0 bridgehead atoms. The van der Waals surface area contributed by atoms with Crippen molar-refractivity contribution in [2.24, 2.45) is 0 Å². The van der Waals surface area contributed by atoms with Crippen LogP contribution in [0.5, 0.6) is 5.75 Å². The second kappa shape index (κ2) is 9.76. The van der Waals surface area contributed by atoms with E-state index in [0.29, 0.717) is 11.6 Å². The van der Waals surface area contributed by atoms with Crippen LogP contribution in [0.15, 0.2) is 36.5 Å². The predicted octanol–water partition coefficient (Wildman–Crippen LogP) is 4.46. The Bertz CT molecular complexity index is 783. The number of carbonyl (C=O) groups is 1. The first-order valence-corrected chi connectivity index (χ1v) is 8.95. The van der Waals surface area contributed by atoms with Crippen molar-refractivity contribution in [2.45, 2.75) is 37.8 Å². The molecule has 1 aromatic carbocycles. The van der Waals surface area contributed by atoms with E-state index in [4.69, 9.17) is 16.3 Å². The van der Waals surface area contributed by atoms with Crippen LogP contribution in [-0.4, -0.2) is 30.1 Å². The van der Waals surface area contributed by atoms with Gasteiger partial charge in [-0.2, -0.15) is 0 Å². The zero-order chi connectivity index (χ0) is 18.5. The fraction of sp³-hybridized carbons (Fsp3) is 0.368. The number of pyridine rings is 1. The molecule has 8 heteroatoms. The van der Waals surface area contributed by atoms with Crippen LogP contribution in [0.1, 0.15) is 36.0 Å². The van der Waals surface area contributed by atoms with Gasteiger partial charge in [0.25, 0.3) is 5.91 Å². The lowest BCUT2D eigenvalue weighted by Gasteiger charge is -2.30. The van der Waals surface area contributed by atoms with Gasteiger partial charge in [0.2, 0.25) is 0 Å². The minimum absolute atomic E-state index is 0. The van der Waals surface area contributed by atoms with Crippen LogP contribution in [0, 0.1) is 5.82 Å². The molecule has 1 fully saturated rings. The molecule has 2 aromatic rings. The standard InChI is InChI=1S/C19H21ClFN3O2.ClH/c1-26-15-8-9-22-18(11-15)23-13-3-5-14(6-4-13)24-19(25)12-2-7-17(21)16(20)10-12;/h2,7-11,13-14H,3-6H2,1H3,(H,22,23)(H,24,25);1H. The first-order chi connectivity index (χ1) is 12.5. The minimum Gasteiger partial charge on any atom is -0.497 e. The zero-order valence-corrected chi connectivity index (χ0v) is 16.4. The average Bonchev–Trinajstić information content (AvgIpc) is 2.65. The monoisotopic (exact) mass is 413 g/mol. The minimum atomic E-state index is -0.527. The van der Waals surface area contributed by atoms with Crippen molar-refractivity contribution in [3.63, 3.8) is 0 Å². The normalized spacial score (nSPS) is 18.9. The Morgan fingerprint density at radius 2 is 1.89 bits per heavy atom.